The predicted molar refractivity (Wildman–Crippen MR) is 67.5 cm³/mol. The Morgan fingerprint density at radius 1 is 1.18 bits per heavy atom. The van der Waals surface area contributed by atoms with Gasteiger partial charge in [-0.3, -0.25) is 0 Å². The Morgan fingerprint density at radius 2 is 1.88 bits per heavy atom. The van der Waals surface area contributed by atoms with Gasteiger partial charge in [0.05, 0.1) is 16.6 Å². The normalized spacial score (nSPS) is 39.4. The van der Waals surface area contributed by atoms with Crippen LogP contribution in [0.5, 0.6) is 0 Å². The quantitative estimate of drug-likeness (QED) is 0.826. The van der Waals surface area contributed by atoms with Gasteiger partial charge in [-0.05, 0) is 38.6 Å². The lowest BCUT2D eigenvalue weighted by atomic mass is 9.89. The maximum absolute atomic E-state index is 12.6. The van der Waals surface area contributed by atoms with Gasteiger partial charge in [0.25, 0.3) is 0 Å². The fourth-order valence-corrected chi connectivity index (χ4v) is 6.01. The van der Waals surface area contributed by atoms with Crippen molar-refractivity contribution < 1.29 is 13.2 Å². The summed E-state index contributed by atoms with van der Waals surface area (Å²) in [6.07, 6.45) is 4.38. The summed E-state index contributed by atoms with van der Waals surface area (Å²) >= 11 is 0. The fourth-order valence-electron chi connectivity index (χ4n) is 3.24. The van der Waals surface area contributed by atoms with Gasteiger partial charge in [0.2, 0.25) is 0 Å². The van der Waals surface area contributed by atoms with Gasteiger partial charge in [-0.1, -0.05) is 12.8 Å². The van der Waals surface area contributed by atoms with Crippen molar-refractivity contribution in [2.24, 2.45) is 11.7 Å². The molecule has 2 aliphatic rings. The first-order chi connectivity index (χ1) is 8.07. The molecule has 4 nitrogen and oxygen atoms in total. The smallest absolute Gasteiger partial charge is 0.158 e. The van der Waals surface area contributed by atoms with E-state index in [1.54, 1.807) is 0 Å². The number of hydrogen-bond donors (Lipinski definition) is 1. The zero-order valence-electron chi connectivity index (χ0n) is 10.5. The summed E-state index contributed by atoms with van der Waals surface area (Å²) < 4.78 is 30.7. The van der Waals surface area contributed by atoms with Crippen LogP contribution < -0.4 is 5.73 Å². The van der Waals surface area contributed by atoms with Crippen LogP contribution in [0.2, 0.25) is 0 Å². The molecule has 1 saturated heterocycles. The van der Waals surface area contributed by atoms with E-state index in [9.17, 15) is 8.42 Å². The Labute approximate surface area is 104 Å². The number of ether oxygens (including phenoxy) is 1. The summed E-state index contributed by atoms with van der Waals surface area (Å²) in [7, 11) is -3.08. The topological polar surface area (TPSA) is 69.4 Å². The van der Waals surface area contributed by atoms with Crippen molar-refractivity contribution in [3.05, 3.63) is 0 Å². The third kappa shape index (κ3) is 2.51. The molecular formula is C12H23NO3S. The van der Waals surface area contributed by atoms with Gasteiger partial charge in [-0.2, -0.15) is 0 Å². The van der Waals surface area contributed by atoms with Crippen molar-refractivity contribution in [3.63, 3.8) is 0 Å². The van der Waals surface area contributed by atoms with Gasteiger partial charge in [-0.25, -0.2) is 8.42 Å². The molecule has 1 aliphatic heterocycles. The number of hydrogen-bond acceptors (Lipinski definition) is 4. The van der Waals surface area contributed by atoms with Crippen molar-refractivity contribution in [1.82, 2.24) is 0 Å². The summed E-state index contributed by atoms with van der Waals surface area (Å²) in [6.45, 7) is 2.94. The average molecular weight is 261 g/mol. The summed E-state index contributed by atoms with van der Waals surface area (Å²) in [5.74, 6) is 0.154. The zero-order valence-corrected chi connectivity index (χ0v) is 11.3. The standard InChI is InChI=1S/C12H23NO3S/c1-9-11(6-7-16-9)17(14,15)12-5-3-2-4-10(12)8-13/h9-12H,2-8,13H2,1H3. The highest BCUT2D eigenvalue weighted by Gasteiger charge is 2.43. The van der Waals surface area contributed by atoms with Gasteiger partial charge in [0, 0.05) is 6.61 Å². The Kier molecular flexibility index (Phi) is 4.10. The molecule has 1 saturated carbocycles. The molecule has 100 valence electrons. The molecule has 0 amide bonds. The van der Waals surface area contributed by atoms with Gasteiger partial charge < -0.3 is 10.5 Å². The molecule has 0 spiro atoms. The maximum Gasteiger partial charge on any atom is 0.158 e. The van der Waals surface area contributed by atoms with E-state index in [0.717, 1.165) is 25.7 Å². The molecule has 2 rings (SSSR count). The molecule has 0 aromatic rings. The van der Waals surface area contributed by atoms with E-state index in [1.807, 2.05) is 6.92 Å². The molecule has 5 heteroatoms. The molecule has 4 unspecified atom stereocenters. The van der Waals surface area contributed by atoms with Crippen molar-refractivity contribution >= 4 is 9.84 Å². The van der Waals surface area contributed by atoms with E-state index in [2.05, 4.69) is 0 Å². The Morgan fingerprint density at radius 3 is 2.47 bits per heavy atom. The maximum atomic E-state index is 12.6. The molecule has 0 radical (unpaired) electrons. The van der Waals surface area contributed by atoms with Gasteiger partial charge in [-0.15, -0.1) is 0 Å². The van der Waals surface area contributed by atoms with E-state index in [0.29, 0.717) is 19.6 Å². The monoisotopic (exact) mass is 261 g/mol. The second-order valence-electron chi connectivity index (χ2n) is 5.31. The molecular weight excluding hydrogens is 238 g/mol. The van der Waals surface area contributed by atoms with Crippen LogP contribution in [0.25, 0.3) is 0 Å². The van der Waals surface area contributed by atoms with Gasteiger partial charge in [0.15, 0.2) is 9.84 Å². The minimum Gasteiger partial charge on any atom is -0.377 e. The molecule has 0 aromatic heterocycles. The predicted octanol–water partition coefficient (Wildman–Crippen LogP) is 1.10. The minimum atomic E-state index is -3.08. The third-order valence-electron chi connectivity index (χ3n) is 4.29. The van der Waals surface area contributed by atoms with Crippen LogP contribution in [0.4, 0.5) is 0 Å². The van der Waals surface area contributed by atoms with Crippen LogP contribution in [0.1, 0.15) is 39.0 Å². The number of rotatable bonds is 3. The highest BCUT2D eigenvalue weighted by molar-refractivity contribution is 7.92. The van der Waals surface area contributed by atoms with Crippen LogP contribution in [-0.4, -0.2) is 38.2 Å². The third-order valence-corrected chi connectivity index (χ3v) is 7.22. The van der Waals surface area contributed by atoms with Gasteiger partial charge in [0.1, 0.15) is 0 Å². The first-order valence-corrected chi connectivity index (χ1v) is 8.22. The average Bonchev–Trinajstić information content (AvgIpc) is 2.76. The van der Waals surface area contributed by atoms with E-state index in [-0.39, 0.29) is 22.5 Å². The summed E-state index contributed by atoms with van der Waals surface area (Å²) in [6, 6.07) is 0. The van der Waals surface area contributed by atoms with E-state index >= 15 is 0 Å². The van der Waals surface area contributed by atoms with Crippen LogP contribution in [0.3, 0.4) is 0 Å². The van der Waals surface area contributed by atoms with Crippen LogP contribution >= 0.6 is 0 Å². The first-order valence-electron chi connectivity index (χ1n) is 6.61. The van der Waals surface area contributed by atoms with E-state index in [4.69, 9.17) is 10.5 Å². The first kappa shape index (κ1) is 13.3. The van der Waals surface area contributed by atoms with Crippen molar-refractivity contribution in [2.45, 2.75) is 55.6 Å². The molecule has 2 N–H and O–H groups in total. The van der Waals surface area contributed by atoms with E-state index < -0.39 is 9.84 Å². The van der Waals surface area contributed by atoms with Crippen molar-refractivity contribution in [1.29, 1.82) is 0 Å². The van der Waals surface area contributed by atoms with Gasteiger partial charge >= 0.3 is 0 Å². The van der Waals surface area contributed by atoms with Crippen molar-refractivity contribution in [3.8, 4) is 0 Å². The lowest BCUT2D eigenvalue weighted by molar-refractivity contribution is 0.126. The van der Waals surface area contributed by atoms with E-state index in [1.165, 1.54) is 0 Å². The number of nitrogens with two attached hydrogens (primary N) is 1. The Hall–Kier alpha value is -0.130. The highest BCUT2D eigenvalue weighted by Crippen LogP contribution is 2.34. The number of sulfone groups is 1. The summed E-state index contributed by atoms with van der Waals surface area (Å²) in [5.41, 5.74) is 5.73. The Balaban J connectivity index is 2.18. The molecule has 0 bridgehead atoms. The molecule has 17 heavy (non-hydrogen) atoms. The van der Waals surface area contributed by atoms with Crippen LogP contribution in [0.15, 0.2) is 0 Å². The molecule has 2 fully saturated rings. The second kappa shape index (κ2) is 5.24. The largest absolute Gasteiger partial charge is 0.377 e. The van der Waals surface area contributed by atoms with Crippen LogP contribution in [-0.2, 0) is 14.6 Å². The fraction of sp³-hybridized carbons (Fsp3) is 1.00. The molecule has 1 heterocycles. The summed E-state index contributed by atoms with van der Waals surface area (Å²) in [5, 5.41) is -0.532. The minimum absolute atomic E-state index is 0.152. The lowest BCUT2D eigenvalue weighted by Gasteiger charge is -2.32. The second-order valence-corrected chi connectivity index (χ2v) is 7.70. The molecule has 0 aromatic carbocycles. The lowest BCUT2D eigenvalue weighted by Crippen LogP contribution is -2.43. The van der Waals surface area contributed by atoms with Crippen molar-refractivity contribution in [2.75, 3.05) is 13.2 Å². The highest BCUT2D eigenvalue weighted by atomic mass is 32.2. The summed E-state index contributed by atoms with van der Waals surface area (Å²) in [4.78, 5) is 0. The molecule has 1 aliphatic carbocycles. The van der Waals surface area contributed by atoms with Crippen LogP contribution in [0, 0.1) is 5.92 Å². The zero-order chi connectivity index (χ0) is 12.5. The molecule has 4 atom stereocenters. The SMILES string of the molecule is CC1OCCC1S(=O)(=O)C1CCCCC1CN. The Bertz CT molecular complexity index is 355.